The first-order valence-corrected chi connectivity index (χ1v) is 18.4. The average Bonchev–Trinajstić information content (AvgIpc) is 3.27. The number of likely N-dealkylation sites (tertiary alicyclic amines) is 1. The number of hydrogen-bond donors (Lipinski definition) is 2. The van der Waals surface area contributed by atoms with Crippen LogP contribution in [0.15, 0.2) is 24.5 Å². The molecule has 57 heavy (non-hydrogen) atoms. The fourth-order valence-electron chi connectivity index (χ4n) is 6.48. The van der Waals surface area contributed by atoms with Crippen molar-refractivity contribution >= 4 is 64.0 Å². The molecule has 0 bridgehead atoms. The second-order valence-corrected chi connectivity index (χ2v) is 14.9. The van der Waals surface area contributed by atoms with Crippen molar-refractivity contribution in [1.29, 1.82) is 0 Å². The third-order valence-corrected chi connectivity index (χ3v) is 9.97. The molecule has 3 aliphatic rings. The second kappa shape index (κ2) is 16.8. The summed E-state index contributed by atoms with van der Waals surface area (Å²) in [6, 6.07) is 1.68. The first-order valence-electron chi connectivity index (χ1n) is 18.0. The van der Waals surface area contributed by atoms with Gasteiger partial charge in [-0.1, -0.05) is 0 Å². The smallest absolute Gasteiger partial charge is 0.342 e. The third kappa shape index (κ3) is 9.22. The summed E-state index contributed by atoms with van der Waals surface area (Å²) in [4.78, 5) is 59.6. The minimum atomic E-state index is -3.62. The molecule has 0 radical (unpaired) electrons. The van der Waals surface area contributed by atoms with Gasteiger partial charge >= 0.3 is 11.8 Å². The summed E-state index contributed by atoms with van der Waals surface area (Å²) in [6.07, 6.45) is 4.08. The number of aromatic nitrogens is 4. The van der Waals surface area contributed by atoms with E-state index in [-0.39, 0.29) is 63.3 Å². The van der Waals surface area contributed by atoms with Gasteiger partial charge in [-0.3, -0.25) is 14.4 Å². The van der Waals surface area contributed by atoms with E-state index < -0.39 is 54.5 Å². The van der Waals surface area contributed by atoms with Gasteiger partial charge in [-0.05, 0) is 78.3 Å². The summed E-state index contributed by atoms with van der Waals surface area (Å²) in [5.74, 6) is -10.5. The van der Waals surface area contributed by atoms with Crippen LogP contribution >= 0.6 is 11.6 Å². The molecule has 310 valence electrons. The number of methoxy groups -OCH3 is 1. The summed E-state index contributed by atoms with van der Waals surface area (Å²) in [7, 11) is 5.90. The summed E-state index contributed by atoms with van der Waals surface area (Å²) in [5.41, 5.74) is 0.313. The van der Waals surface area contributed by atoms with Crippen molar-refractivity contribution in [2.45, 2.75) is 70.5 Å². The number of rotatable bonds is 7. The van der Waals surface area contributed by atoms with Gasteiger partial charge in [0.1, 0.15) is 22.9 Å². The first kappa shape index (κ1) is 43.0. The Balaban J connectivity index is 0.000000273. The number of hydrogen-bond acceptors (Lipinski definition) is 12. The molecular formula is C36H45ClF5N11O4. The number of ether oxygens (including phenoxy) is 1. The van der Waals surface area contributed by atoms with Gasteiger partial charge < -0.3 is 39.9 Å². The zero-order valence-electron chi connectivity index (χ0n) is 32.7. The van der Waals surface area contributed by atoms with E-state index in [9.17, 15) is 31.9 Å². The van der Waals surface area contributed by atoms with Gasteiger partial charge in [0.15, 0.2) is 11.6 Å². The molecule has 0 aliphatic carbocycles. The molecule has 3 aromatic rings. The van der Waals surface area contributed by atoms with E-state index in [0.29, 0.717) is 0 Å². The monoisotopic (exact) mass is 825 g/mol. The maximum absolute atomic E-state index is 15.1. The lowest BCUT2D eigenvalue weighted by atomic mass is 10.0. The molecule has 5 heterocycles. The zero-order valence-corrected chi connectivity index (χ0v) is 33.5. The third-order valence-electron chi connectivity index (χ3n) is 9.79. The van der Waals surface area contributed by atoms with Gasteiger partial charge in [-0.25, -0.2) is 14.4 Å². The van der Waals surface area contributed by atoms with Crippen molar-refractivity contribution in [2.24, 2.45) is 0 Å². The number of carbonyl (C=O) groups excluding carboxylic acids is 3. The predicted octanol–water partition coefficient (Wildman–Crippen LogP) is 4.97. The van der Waals surface area contributed by atoms with Crippen LogP contribution in [0.4, 0.5) is 56.6 Å². The molecule has 1 saturated heterocycles. The number of piperidine rings is 1. The van der Waals surface area contributed by atoms with Crippen molar-refractivity contribution < 1.29 is 41.1 Å². The minimum absolute atomic E-state index is 0.0262. The minimum Gasteiger partial charge on any atom is -0.495 e. The lowest BCUT2D eigenvalue weighted by molar-refractivity contribution is -0.141. The molecule has 1 fully saturated rings. The molecule has 0 unspecified atom stereocenters. The number of nitrogens with one attached hydrogen (secondary N) is 2. The van der Waals surface area contributed by atoms with Crippen LogP contribution in [0.5, 0.6) is 5.75 Å². The highest BCUT2D eigenvalue weighted by Crippen LogP contribution is 2.39. The van der Waals surface area contributed by atoms with Gasteiger partial charge in [-0.15, -0.1) is 0 Å². The molecule has 0 spiro atoms. The van der Waals surface area contributed by atoms with Gasteiger partial charge in [-0.2, -0.15) is 27.5 Å². The molecule has 15 nitrogen and oxygen atoms in total. The highest BCUT2D eigenvalue weighted by Gasteiger charge is 2.49. The molecular weight excluding hydrogens is 781 g/mol. The van der Waals surface area contributed by atoms with Crippen LogP contribution in [-0.4, -0.2) is 127 Å². The van der Waals surface area contributed by atoms with Crippen LogP contribution in [0, 0.1) is 5.82 Å². The second-order valence-electron chi connectivity index (χ2n) is 14.5. The lowest BCUT2D eigenvalue weighted by Crippen LogP contribution is -2.47. The molecule has 0 saturated carbocycles. The highest BCUT2D eigenvalue weighted by atomic mass is 35.5. The number of anilines is 6. The maximum atomic E-state index is 15.1. The fourth-order valence-corrected chi connectivity index (χ4v) is 6.60. The Morgan fingerprint density at radius 1 is 0.860 bits per heavy atom. The Bertz CT molecular complexity index is 2000. The van der Waals surface area contributed by atoms with Crippen molar-refractivity contribution in [3.05, 3.63) is 41.2 Å². The zero-order chi connectivity index (χ0) is 42.1. The summed E-state index contributed by atoms with van der Waals surface area (Å²) >= 11 is 5.72. The SMILES string of the molecule is CC(C)N1CC(F)(F)C(=O)N(C)c2cnc(Cl)nc21.COc1cc(C(=O)NC2CCN(C)CC2)c(F)cc1Nc1ncc2c(n1)N(C(C)C)CC(F)(F)C(=O)N2C. The number of fused-ring (bicyclic) bond motifs is 2. The molecule has 1 aromatic carbocycles. The quantitative estimate of drug-likeness (QED) is 0.245. The van der Waals surface area contributed by atoms with E-state index in [0.717, 1.165) is 41.8 Å². The van der Waals surface area contributed by atoms with E-state index in [4.69, 9.17) is 16.3 Å². The molecule has 2 aromatic heterocycles. The number of nitrogens with zero attached hydrogens (tertiary/aromatic N) is 9. The van der Waals surface area contributed by atoms with E-state index >= 15 is 4.39 Å². The molecule has 3 amide bonds. The largest absolute Gasteiger partial charge is 0.495 e. The Hall–Kier alpha value is -5.11. The lowest BCUT2D eigenvalue weighted by Gasteiger charge is -2.29. The van der Waals surface area contributed by atoms with Crippen LogP contribution < -0.4 is 35.0 Å². The summed E-state index contributed by atoms with van der Waals surface area (Å²) in [6.45, 7) is 7.01. The van der Waals surface area contributed by atoms with Crippen LogP contribution in [0.2, 0.25) is 5.28 Å². The summed E-state index contributed by atoms with van der Waals surface area (Å²) < 4.78 is 77.3. The van der Waals surface area contributed by atoms with Crippen molar-refractivity contribution in [3.8, 4) is 5.75 Å². The fraction of sp³-hybridized carbons (Fsp3) is 0.528. The van der Waals surface area contributed by atoms with E-state index in [1.165, 1.54) is 49.5 Å². The maximum Gasteiger partial charge on any atom is 0.342 e. The normalized spacial score (nSPS) is 18.4. The van der Waals surface area contributed by atoms with Gasteiger partial charge in [0.05, 0.1) is 43.8 Å². The van der Waals surface area contributed by atoms with Crippen molar-refractivity contribution in [1.82, 2.24) is 30.2 Å². The first-order chi connectivity index (χ1) is 26.6. The predicted molar refractivity (Wildman–Crippen MR) is 205 cm³/mol. The molecule has 2 N–H and O–H groups in total. The number of benzene rings is 1. The van der Waals surface area contributed by atoms with Gasteiger partial charge in [0.25, 0.3) is 17.7 Å². The van der Waals surface area contributed by atoms with E-state index in [1.807, 2.05) is 7.05 Å². The Labute approximate surface area is 331 Å². The standard InChI is InChI=1S/C25H32F3N7O3.C11H13ClF2N4O/c1-14(2)35-13-25(27,28)23(37)34(4)19-12-29-24(32-21(19)35)31-18-11-17(26)16(10-20(18)38-5)22(36)30-15-6-8-33(3)9-7-15;1-6(2)18-5-11(13,14)9(19)17(3)7-4-15-10(12)16-8(7)18/h10-12,14-15H,6-9,13H2,1-5H3,(H,30,36)(H,29,31,32);4,6H,5H2,1-3H3. The average molecular weight is 826 g/mol. The van der Waals surface area contributed by atoms with E-state index in [1.54, 1.807) is 27.7 Å². The topological polar surface area (TPSA) is 152 Å². The van der Waals surface area contributed by atoms with Gasteiger partial charge in [0.2, 0.25) is 11.2 Å². The Morgan fingerprint density at radius 2 is 1.37 bits per heavy atom. The molecule has 3 aliphatic heterocycles. The molecule has 6 rings (SSSR count). The van der Waals surface area contributed by atoms with Crippen LogP contribution in [-0.2, 0) is 9.59 Å². The Kier molecular flexibility index (Phi) is 12.7. The van der Waals surface area contributed by atoms with Crippen LogP contribution in [0.1, 0.15) is 50.9 Å². The van der Waals surface area contributed by atoms with Crippen molar-refractivity contribution in [2.75, 3.05) is 79.3 Å². The van der Waals surface area contributed by atoms with Crippen molar-refractivity contribution in [3.63, 3.8) is 0 Å². The van der Waals surface area contributed by atoms with Crippen LogP contribution in [0.3, 0.4) is 0 Å². The number of amides is 3. The van der Waals surface area contributed by atoms with Crippen LogP contribution in [0.25, 0.3) is 0 Å². The molecule has 21 heteroatoms. The Morgan fingerprint density at radius 3 is 1.88 bits per heavy atom. The number of carbonyl (C=O) groups is 3. The number of halogens is 6. The highest BCUT2D eigenvalue weighted by molar-refractivity contribution is 6.28. The van der Waals surface area contributed by atoms with E-state index in [2.05, 4.69) is 35.5 Å². The molecule has 0 atom stereocenters. The van der Waals surface area contributed by atoms with Gasteiger partial charge in [0, 0.05) is 38.3 Å². The summed E-state index contributed by atoms with van der Waals surface area (Å²) in [5, 5.41) is 5.69. The number of alkyl halides is 4.